The highest BCUT2D eigenvalue weighted by atomic mass is 32.2. The van der Waals surface area contributed by atoms with E-state index in [1.807, 2.05) is 11.8 Å². The molecule has 0 atom stereocenters. The monoisotopic (exact) mass is 394 g/mol. The molecule has 2 aromatic rings. The molecule has 1 aliphatic heterocycles. The topological polar surface area (TPSA) is 122 Å². The van der Waals surface area contributed by atoms with Crippen LogP contribution in [0.1, 0.15) is 18.3 Å². The van der Waals surface area contributed by atoms with Crippen LogP contribution in [0.3, 0.4) is 0 Å². The molecule has 0 unspecified atom stereocenters. The second-order valence-electron chi connectivity index (χ2n) is 6.59. The van der Waals surface area contributed by atoms with Gasteiger partial charge >= 0.3 is 0 Å². The maximum Gasteiger partial charge on any atom is 0.244 e. The van der Waals surface area contributed by atoms with Crippen molar-refractivity contribution in [2.24, 2.45) is 7.05 Å². The predicted molar refractivity (Wildman–Crippen MR) is 103 cm³/mol. The van der Waals surface area contributed by atoms with E-state index in [-0.39, 0.29) is 17.4 Å². The summed E-state index contributed by atoms with van der Waals surface area (Å²) in [6.45, 7) is 8.15. The first kappa shape index (κ1) is 19.5. The number of nitrogens with zero attached hydrogens (tertiary/aromatic N) is 6. The normalized spacial score (nSPS) is 16.0. The van der Waals surface area contributed by atoms with Crippen LogP contribution in [0.4, 0.5) is 11.8 Å². The summed E-state index contributed by atoms with van der Waals surface area (Å²) in [5, 5.41) is 4.08. The standard InChI is InChI=1S/C16H26N8O2S/c1-4-23-5-7-24(8-6-23)15-13(9-12(2)10-18-15)27(25,26)19-11-14-20-16(17)22(3)21-14/h9-10,19H,4-8,11H2,1-3H3,(H2,17,20,21). The minimum Gasteiger partial charge on any atom is -0.368 e. The molecular formula is C16H26N8O2S. The number of aryl methyl sites for hydroxylation is 2. The van der Waals surface area contributed by atoms with Gasteiger partial charge < -0.3 is 15.5 Å². The fourth-order valence-corrected chi connectivity index (χ4v) is 4.25. The summed E-state index contributed by atoms with van der Waals surface area (Å²) in [6, 6.07) is 1.65. The van der Waals surface area contributed by atoms with Crippen molar-refractivity contribution in [1.82, 2.24) is 29.4 Å². The molecule has 0 aromatic carbocycles. The van der Waals surface area contributed by atoms with Crippen LogP contribution in [0.25, 0.3) is 0 Å². The summed E-state index contributed by atoms with van der Waals surface area (Å²) in [4.78, 5) is 13.0. The van der Waals surface area contributed by atoms with Crippen molar-refractivity contribution < 1.29 is 8.42 Å². The number of aromatic nitrogens is 4. The van der Waals surface area contributed by atoms with E-state index in [0.29, 0.717) is 11.6 Å². The lowest BCUT2D eigenvalue weighted by Crippen LogP contribution is -2.47. The van der Waals surface area contributed by atoms with Gasteiger partial charge in [0, 0.05) is 39.4 Å². The molecule has 1 fully saturated rings. The summed E-state index contributed by atoms with van der Waals surface area (Å²) < 4.78 is 29.9. The Balaban J connectivity index is 1.82. The van der Waals surface area contributed by atoms with Gasteiger partial charge in [-0.25, -0.2) is 22.8 Å². The van der Waals surface area contributed by atoms with Crippen LogP contribution < -0.4 is 15.4 Å². The van der Waals surface area contributed by atoms with Crippen molar-refractivity contribution in [3.63, 3.8) is 0 Å². The minimum absolute atomic E-state index is 0.0373. The van der Waals surface area contributed by atoms with Crippen LogP contribution in [0.15, 0.2) is 17.2 Å². The molecule has 27 heavy (non-hydrogen) atoms. The van der Waals surface area contributed by atoms with Gasteiger partial charge in [0.15, 0.2) is 5.82 Å². The average molecular weight is 395 g/mol. The number of rotatable bonds is 6. The van der Waals surface area contributed by atoms with Gasteiger partial charge in [-0.1, -0.05) is 6.92 Å². The van der Waals surface area contributed by atoms with Gasteiger partial charge in [-0.15, -0.1) is 0 Å². The Morgan fingerprint density at radius 2 is 1.96 bits per heavy atom. The molecule has 1 saturated heterocycles. The molecule has 3 N–H and O–H groups in total. The SMILES string of the molecule is CCN1CCN(c2ncc(C)cc2S(=O)(=O)NCc2nc(N)n(C)n2)CC1. The predicted octanol–water partition coefficient (Wildman–Crippen LogP) is -0.279. The first-order valence-electron chi connectivity index (χ1n) is 8.89. The molecule has 1 aliphatic rings. The maximum atomic E-state index is 13.0. The molecule has 0 saturated carbocycles. The van der Waals surface area contributed by atoms with Gasteiger partial charge in [-0.05, 0) is 25.1 Å². The Morgan fingerprint density at radius 1 is 1.26 bits per heavy atom. The second kappa shape index (κ2) is 7.79. The Bertz CT molecular complexity index is 884. The summed E-state index contributed by atoms with van der Waals surface area (Å²) in [5.74, 6) is 1.03. The summed E-state index contributed by atoms with van der Waals surface area (Å²) in [7, 11) is -2.13. The van der Waals surface area contributed by atoms with E-state index >= 15 is 0 Å². The first-order valence-corrected chi connectivity index (χ1v) is 10.4. The van der Waals surface area contributed by atoms with Crippen LogP contribution in [0.5, 0.6) is 0 Å². The highest BCUT2D eigenvalue weighted by Crippen LogP contribution is 2.25. The van der Waals surface area contributed by atoms with E-state index in [0.717, 1.165) is 38.3 Å². The Kier molecular flexibility index (Phi) is 5.63. The number of pyridine rings is 1. The molecule has 0 radical (unpaired) electrons. The van der Waals surface area contributed by atoms with Gasteiger partial charge in [0.1, 0.15) is 10.7 Å². The van der Waals surface area contributed by atoms with Crippen molar-refractivity contribution in [2.75, 3.05) is 43.4 Å². The summed E-state index contributed by atoms with van der Waals surface area (Å²) >= 11 is 0. The molecule has 3 heterocycles. The molecule has 0 bridgehead atoms. The average Bonchev–Trinajstić information content (AvgIpc) is 2.98. The van der Waals surface area contributed by atoms with Gasteiger partial charge in [-0.2, -0.15) is 10.1 Å². The molecular weight excluding hydrogens is 368 g/mol. The number of hydrogen-bond acceptors (Lipinski definition) is 8. The van der Waals surface area contributed by atoms with Crippen LogP contribution in [0, 0.1) is 6.92 Å². The maximum absolute atomic E-state index is 13.0. The quantitative estimate of drug-likeness (QED) is 0.686. The van der Waals surface area contributed by atoms with Crippen molar-refractivity contribution in [2.45, 2.75) is 25.3 Å². The number of nitrogen functional groups attached to an aromatic ring is 1. The van der Waals surface area contributed by atoms with E-state index in [9.17, 15) is 8.42 Å². The molecule has 10 nitrogen and oxygen atoms in total. The van der Waals surface area contributed by atoms with Gasteiger partial charge in [0.2, 0.25) is 16.0 Å². The fraction of sp³-hybridized carbons (Fsp3) is 0.562. The first-order chi connectivity index (χ1) is 12.8. The number of likely N-dealkylation sites (N-methyl/N-ethyl adjacent to an activating group) is 1. The number of hydrogen-bond donors (Lipinski definition) is 2. The number of sulfonamides is 1. The van der Waals surface area contributed by atoms with Crippen molar-refractivity contribution in [3.05, 3.63) is 23.7 Å². The van der Waals surface area contributed by atoms with E-state index < -0.39 is 10.0 Å². The molecule has 0 aliphatic carbocycles. The molecule has 0 amide bonds. The van der Waals surface area contributed by atoms with Crippen LogP contribution >= 0.6 is 0 Å². The zero-order valence-electron chi connectivity index (χ0n) is 15.9. The molecule has 2 aromatic heterocycles. The van der Waals surface area contributed by atoms with Crippen LogP contribution in [-0.2, 0) is 23.6 Å². The lowest BCUT2D eigenvalue weighted by Gasteiger charge is -2.35. The molecule has 3 rings (SSSR count). The number of nitrogens with two attached hydrogens (primary N) is 1. The highest BCUT2D eigenvalue weighted by molar-refractivity contribution is 7.89. The number of nitrogens with one attached hydrogen (secondary N) is 1. The van der Waals surface area contributed by atoms with Gasteiger partial charge in [0.05, 0.1) is 6.54 Å². The Labute approximate surface area is 159 Å². The lowest BCUT2D eigenvalue weighted by molar-refractivity contribution is 0.270. The zero-order valence-corrected chi connectivity index (χ0v) is 16.7. The third kappa shape index (κ3) is 4.37. The smallest absolute Gasteiger partial charge is 0.244 e. The van der Waals surface area contributed by atoms with Crippen molar-refractivity contribution >= 4 is 21.8 Å². The third-order valence-electron chi connectivity index (χ3n) is 4.64. The summed E-state index contributed by atoms with van der Waals surface area (Å²) in [5.41, 5.74) is 6.43. The van der Waals surface area contributed by atoms with Crippen molar-refractivity contribution in [3.8, 4) is 0 Å². The van der Waals surface area contributed by atoms with E-state index in [1.54, 1.807) is 19.3 Å². The highest BCUT2D eigenvalue weighted by Gasteiger charge is 2.26. The number of piperazine rings is 1. The van der Waals surface area contributed by atoms with Crippen LogP contribution in [-0.4, -0.2) is 65.8 Å². The van der Waals surface area contributed by atoms with Gasteiger partial charge in [0.25, 0.3) is 0 Å². The zero-order chi connectivity index (χ0) is 19.6. The second-order valence-corrected chi connectivity index (χ2v) is 8.33. The molecule has 0 spiro atoms. The lowest BCUT2D eigenvalue weighted by atomic mass is 10.2. The summed E-state index contributed by atoms with van der Waals surface area (Å²) in [6.07, 6.45) is 1.70. The Morgan fingerprint density at radius 3 is 2.56 bits per heavy atom. The minimum atomic E-state index is -3.78. The molecule has 148 valence electrons. The van der Waals surface area contributed by atoms with E-state index in [4.69, 9.17) is 5.73 Å². The largest absolute Gasteiger partial charge is 0.368 e. The molecule has 11 heteroatoms. The van der Waals surface area contributed by atoms with Gasteiger partial charge in [-0.3, -0.25) is 0 Å². The van der Waals surface area contributed by atoms with Crippen molar-refractivity contribution in [1.29, 1.82) is 0 Å². The third-order valence-corrected chi connectivity index (χ3v) is 6.04. The fourth-order valence-electron chi connectivity index (χ4n) is 3.01. The van der Waals surface area contributed by atoms with E-state index in [1.165, 1.54) is 4.68 Å². The van der Waals surface area contributed by atoms with Crippen LogP contribution in [0.2, 0.25) is 0 Å². The van der Waals surface area contributed by atoms with E-state index in [2.05, 4.69) is 31.6 Å². The Hall–Kier alpha value is -2.24. The number of anilines is 2.